The number of anilines is 1. The fourth-order valence-electron chi connectivity index (χ4n) is 2.98. The van der Waals surface area contributed by atoms with Gasteiger partial charge in [0.15, 0.2) is 5.11 Å². The van der Waals surface area contributed by atoms with Crippen LogP contribution in [-0.4, -0.2) is 29.4 Å². The molecule has 0 spiro atoms. The summed E-state index contributed by atoms with van der Waals surface area (Å²) in [5.41, 5.74) is 6.31. The SMILES string of the molecule is CCCCCCCOc1ccc(C(=O)NC(=S)NNC(=O)c2ccc(NC(=O)C(C)C)cc2)cc1. The van der Waals surface area contributed by atoms with Crippen LogP contribution in [0.25, 0.3) is 0 Å². The van der Waals surface area contributed by atoms with Crippen molar-refractivity contribution in [3.05, 3.63) is 59.7 Å². The zero-order valence-corrected chi connectivity index (χ0v) is 21.3. The summed E-state index contributed by atoms with van der Waals surface area (Å²) in [6, 6.07) is 13.2. The lowest BCUT2D eigenvalue weighted by molar-refractivity contribution is -0.118. The van der Waals surface area contributed by atoms with Crippen molar-refractivity contribution in [1.82, 2.24) is 16.2 Å². The van der Waals surface area contributed by atoms with Crippen molar-refractivity contribution in [2.24, 2.45) is 5.92 Å². The standard InChI is InChI=1S/C26H34N4O4S/c1-4-5-6-7-8-17-34-22-15-11-19(12-16-22)24(32)28-26(35)30-29-25(33)20-9-13-21(14-10-20)27-23(31)18(2)3/h9-16,18H,4-8,17H2,1-3H3,(H,27,31)(H,29,33)(H2,28,30,32,35). The van der Waals surface area contributed by atoms with E-state index in [0.29, 0.717) is 29.2 Å². The normalized spacial score (nSPS) is 10.4. The summed E-state index contributed by atoms with van der Waals surface area (Å²) in [6.45, 7) is 6.43. The Hall–Kier alpha value is -3.46. The summed E-state index contributed by atoms with van der Waals surface area (Å²) in [6.07, 6.45) is 5.84. The van der Waals surface area contributed by atoms with Gasteiger partial charge in [-0.05, 0) is 67.2 Å². The molecule has 0 fully saturated rings. The number of hydrazine groups is 1. The van der Waals surface area contributed by atoms with E-state index in [2.05, 4.69) is 28.4 Å². The second kappa shape index (κ2) is 14.7. The minimum Gasteiger partial charge on any atom is -0.494 e. The third-order valence-electron chi connectivity index (χ3n) is 5.09. The summed E-state index contributed by atoms with van der Waals surface area (Å²) in [7, 11) is 0. The van der Waals surface area contributed by atoms with Crippen molar-refractivity contribution in [1.29, 1.82) is 0 Å². The minimum atomic E-state index is -0.445. The van der Waals surface area contributed by atoms with Gasteiger partial charge in [0.25, 0.3) is 11.8 Å². The highest BCUT2D eigenvalue weighted by atomic mass is 32.1. The molecule has 0 radical (unpaired) electrons. The quantitative estimate of drug-likeness (QED) is 0.205. The van der Waals surface area contributed by atoms with Crippen molar-refractivity contribution in [2.45, 2.75) is 52.9 Å². The van der Waals surface area contributed by atoms with Crippen LogP contribution in [0.1, 0.15) is 73.6 Å². The molecule has 0 unspecified atom stereocenters. The number of thiocarbonyl (C=S) groups is 1. The summed E-state index contributed by atoms with van der Waals surface area (Å²) >= 11 is 5.09. The Bertz CT molecular complexity index is 991. The molecule has 8 nitrogen and oxygen atoms in total. The molecule has 0 heterocycles. The molecule has 9 heteroatoms. The second-order valence-electron chi connectivity index (χ2n) is 8.37. The van der Waals surface area contributed by atoms with Gasteiger partial charge in [0, 0.05) is 22.7 Å². The summed E-state index contributed by atoms with van der Waals surface area (Å²) in [5, 5.41) is 5.22. The van der Waals surface area contributed by atoms with Gasteiger partial charge in [-0.1, -0.05) is 46.5 Å². The minimum absolute atomic E-state index is 0.0448. The van der Waals surface area contributed by atoms with Crippen LogP contribution in [0.15, 0.2) is 48.5 Å². The van der Waals surface area contributed by atoms with Gasteiger partial charge >= 0.3 is 0 Å². The van der Waals surface area contributed by atoms with Crippen LogP contribution in [0.2, 0.25) is 0 Å². The third-order valence-corrected chi connectivity index (χ3v) is 5.29. The Morgan fingerprint density at radius 2 is 1.43 bits per heavy atom. The van der Waals surface area contributed by atoms with Crippen LogP contribution in [0.5, 0.6) is 5.75 Å². The summed E-state index contributed by atoms with van der Waals surface area (Å²) in [4.78, 5) is 36.4. The van der Waals surface area contributed by atoms with Gasteiger partial charge in [-0.2, -0.15) is 0 Å². The first-order valence-electron chi connectivity index (χ1n) is 11.9. The van der Waals surface area contributed by atoms with Gasteiger partial charge in [0.1, 0.15) is 5.75 Å². The lowest BCUT2D eigenvalue weighted by atomic mass is 10.1. The average molecular weight is 499 g/mol. The van der Waals surface area contributed by atoms with Gasteiger partial charge in [-0.15, -0.1) is 0 Å². The van der Waals surface area contributed by atoms with E-state index in [4.69, 9.17) is 17.0 Å². The van der Waals surface area contributed by atoms with Crippen molar-refractivity contribution < 1.29 is 19.1 Å². The Morgan fingerprint density at radius 1 is 0.829 bits per heavy atom. The number of hydrogen-bond donors (Lipinski definition) is 4. The third kappa shape index (κ3) is 10.1. The molecule has 2 aromatic carbocycles. The number of amides is 3. The molecule has 0 atom stereocenters. The highest BCUT2D eigenvalue weighted by molar-refractivity contribution is 7.80. The van der Waals surface area contributed by atoms with Gasteiger partial charge in [0.2, 0.25) is 5.91 Å². The summed E-state index contributed by atoms with van der Waals surface area (Å²) < 4.78 is 5.71. The van der Waals surface area contributed by atoms with Gasteiger partial charge in [0.05, 0.1) is 6.61 Å². The maximum absolute atomic E-state index is 12.4. The molecule has 0 saturated carbocycles. The lowest BCUT2D eigenvalue weighted by Gasteiger charge is -2.12. The van der Waals surface area contributed by atoms with Crippen LogP contribution in [-0.2, 0) is 4.79 Å². The van der Waals surface area contributed by atoms with Crippen molar-refractivity contribution in [3.8, 4) is 5.75 Å². The van der Waals surface area contributed by atoms with Crippen LogP contribution < -0.4 is 26.2 Å². The highest BCUT2D eigenvalue weighted by Crippen LogP contribution is 2.14. The average Bonchev–Trinajstić information content (AvgIpc) is 2.85. The molecule has 0 aromatic heterocycles. The number of nitrogens with one attached hydrogen (secondary N) is 4. The van der Waals surface area contributed by atoms with Gasteiger partial charge in [-0.3, -0.25) is 30.6 Å². The number of benzene rings is 2. The van der Waals surface area contributed by atoms with E-state index in [1.165, 1.54) is 19.3 Å². The lowest BCUT2D eigenvalue weighted by Crippen LogP contribution is -2.48. The number of hydrogen-bond acceptors (Lipinski definition) is 5. The summed E-state index contributed by atoms with van der Waals surface area (Å²) in [5.74, 6) is -0.396. The largest absolute Gasteiger partial charge is 0.494 e. The van der Waals surface area contributed by atoms with E-state index in [1.807, 2.05) is 0 Å². The Balaban J connectivity index is 1.74. The predicted octanol–water partition coefficient (Wildman–Crippen LogP) is 4.58. The first-order valence-corrected chi connectivity index (χ1v) is 12.3. The van der Waals surface area contributed by atoms with E-state index >= 15 is 0 Å². The van der Waals surface area contributed by atoms with E-state index in [1.54, 1.807) is 62.4 Å². The molecule has 2 aromatic rings. The Labute approximate surface area is 212 Å². The maximum Gasteiger partial charge on any atom is 0.269 e. The fourth-order valence-corrected chi connectivity index (χ4v) is 3.13. The Kier molecular flexibility index (Phi) is 11.7. The van der Waals surface area contributed by atoms with Gasteiger partial charge < -0.3 is 10.1 Å². The predicted molar refractivity (Wildman–Crippen MR) is 141 cm³/mol. The fraction of sp³-hybridized carbons (Fsp3) is 0.385. The number of carbonyl (C=O) groups is 3. The molecule has 35 heavy (non-hydrogen) atoms. The molecular weight excluding hydrogens is 464 g/mol. The van der Waals surface area contributed by atoms with Gasteiger partial charge in [-0.25, -0.2) is 0 Å². The zero-order chi connectivity index (χ0) is 25.6. The van der Waals surface area contributed by atoms with Crippen LogP contribution in [0.4, 0.5) is 5.69 Å². The first kappa shape index (κ1) is 27.8. The molecule has 0 saturated heterocycles. The zero-order valence-electron chi connectivity index (χ0n) is 20.5. The van der Waals surface area contributed by atoms with E-state index in [-0.39, 0.29) is 16.9 Å². The number of rotatable bonds is 11. The van der Waals surface area contributed by atoms with E-state index in [9.17, 15) is 14.4 Å². The number of carbonyl (C=O) groups excluding carboxylic acids is 3. The molecule has 0 aliphatic rings. The molecule has 3 amide bonds. The monoisotopic (exact) mass is 498 g/mol. The van der Waals surface area contributed by atoms with Crippen molar-refractivity contribution in [2.75, 3.05) is 11.9 Å². The molecule has 4 N–H and O–H groups in total. The molecule has 0 aliphatic heterocycles. The molecule has 0 aliphatic carbocycles. The van der Waals surface area contributed by atoms with E-state index < -0.39 is 11.8 Å². The second-order valence-corrected chi connectivity index (χ2v) is 8.78. The number of ether oxygens (including phenoxy) is 1. The first-order chi connectivity index (χ1) is 16.8. The number of unbranched alkanes of at least 4 members (excludes halogenated alkanes) is 4. The maximum atomic E-state index is 12.4. The van der Waals surface area contributed by atoms with Crippen LogP contribution in [0, 0.1) is 5.92 Å². The highest BCUT2D eigenvalue weighted by Gasteiger charge is 2.11. The molecule has 0 bridgehead atoms. The van der Waals surface area contributed by atoms with Crippen molar-refractivity contribution >= 4 is 40.7 Å². The van der Waals surface area contributed by atoms with Crippen LogP contribution in [0.3, 0.4) is 0 Å². The topological polar surface area (TPSA) is 109 Å². The molecule has 188 valence electrons. The van der Waals surface area contributed by atoms with Crippen LogP contribution >= 0.6 is 12.2 Å². The van der Waals surface area contributed by atoms with Crippen molar-refractivity contribution in [3.63, 3.8) is 0 Å². The smallest absolute Gasteiger partial charge is 0.269 e. The Morgan fingerprint density at radius 3 is 2.06 bits per heavy atom. The van der Waals surface area contributed by atoms with E-state index in [0.717, 1.165) is 12.8 Å². The molecule has 2 rings (SSSR count). The molecular formula is C26H34N4O4S.